The number of benzene rings is 1. The zero-order valence-corrected chi connectivity index (χ0v) is 19.3. The van der Waals surface area contributed by atoms with Gasteiger partial charge >= 0.3 is 0 Å². The smallest absolute Gasteiger partial charge is 0.263 e. The minimum absolute atomic E-state index is 0.0815. The van der Waals surface area contributed by atoms with Crippen molar-refractivity contribution < 1.29 is 9.59 Å². The van der Waals surface area contributed by atoms with Gasteiger partial charge in [0.1, 0.15) is 0 Å². The van der Waals surface area contributed by atoms with Crippen molar-refractivity contribution in [1.29, 1.82) is 0 Å². The molecule has 3 heterocycles. The molecule has 162 valence electrons. The number of likely N-dealkylation sites (N-methyl/N-ethyl adjacent to an activating group) is 1. The first-order valence-corrected chi connectivity index (χ1v) is 12.4. The summed E-state index contributed by atoms with van der Waals surface area (Å²) >= 11 is 3.01. The number of thiazole rings is 1. The monoisotopic (exact) mass is 453 g/mol. The molecule has 4 rings (SSSR count). The number of aromatic nitrogens is 1. The predicted molar refractivity (Wildman–Crippen MR) is 125 cm³/mol. The molecule has 1 aromatic carbocycles. The summed E-state index contributed by atoms with van der Waals surface area (Å²) in [5.74, 6) is 0.586. The fourth-order valence-electron chi connectivity index (χ4n) is 4.33. The van der Waals surface area contributed by atoms with Crippen LogP contribution in [0.25, 0.3) is 0 Å². The van der Waals surface area contributed by atoms with Gasteiger partial charge in [0.15, 0.2) is 0 Å². The SMILES string of the molecule is CN(C(=O)c1cccs1)C(Cc1ccccc1)C1CCN(C(=O)Cc2cscn2)CC1. The Morgan fingerprint density at radius 3 is 2.58 bits per heavy atom. The van der Waals surface area contributed by atoms with Gasteiger partial charge in [-0.15, -0.1) is 22.7 Å². The molecule has 1 atom stereocenters. The lowest BCUT2D eigenvalue weighted by Gasteiger charge is -2.40. The third-order valence-electron chi connectivity index (χ3n) is 6.09. The van der Waals surface area contributed by atoms with Crippen LogP contribution >= 0.6 is 22.7 Å². The molecular formula is C24H27N3O2S2. The lowest BCUT2D eigenvalue weighted by atomic mass is 9.84. The highest BCUT2D eigenvalue weighted by molar-refractivity contribution is 7.12. The Morgan fingerprint density at radius 2 is 1.94 bits per heavy atom. The molecule has 0 radical (unpaired) electrons. The van der Waals surface area contributed by atoms with E-state index in [2.05, 4.69) is 17.1 Å². The molecule has 0 N–H and O–H groups in total. The van der Waals surface area contributed by atoms with Crippen molar-refractivity contribution in [2.24, 2.45) is 5.92 Å². The van der Waals surface area contributed by atoms with E-state index in [-0.39, 0.29) is 17.9 Å². The first kappa shape index (κ1) is 21.7. The van der Waals surface area contributed by atoms with E-state index < -0.39 is 0 Å². The Bertz CT molecular complexity index is 966. The van der Waals surface area contributed by atoms with Crippen LogP contribution in [0.5, 0.6) is 0 Å². The number of nitrogens with zero attached hydrogens (tertiary/aromatic N) is 3. The van der Waals surface area contributed by atoms with Gasteiger partial charge in [0.2, 0.25) is 5.91 Å². The number of carbonyl (C=O) groups is 2. The fourth-order valence-corrected chi connectivity index (χ4v) is 5.59. The number of rotatable bonds is 7. The van der Waals surface area contributed by atoms with Crippen LogP contribution in [0.15, 0.2) is 58.7 Å². The number of piperidine rings is 1. The summed E-state index contributed by atoms with van der Waals surface area (Å²) in [6.07, 6.45) is 3.01. The molecule has 0 spiro atoms. The number of thiophene rings is 1. The van der Waals surface area contributed by atoms with Crippen LogP contribution in [-0.4, -0.2) is 52.8 Å². The average molecular weight is 454 g/mol. The first-order valence-electron chi connectivity index (χ1n) is 10.6. The van der Waals surface area contributed by atoms with Gasteiger partial charge in [0.25, 0.3) is 5.91 Å². The largest absolute Gasteiger partial charge is 0.342 e. The lowest BCUT2D eigenvalue weighted by molar-refractivity contribution is -0.132. The molecule has 0 aliphatic carbocycles. The standard InChI is InChI=1S/C24H27N3O2S2/c1-26(24(29)22-8-5-13-31-22)21(14-18-6-3-2-4-7-18)19-9-11-27(12-10-19)23(28)15-20-16-30-17-25-20/h2-8,13,16-17,19,21H,9-12,14-15H2,1H3. The quantitative estimate of drug-likeness (QED) is 0.534. The summed E-state index contributed by atoms with van der Waals surface area (Å²) in [4.78, 5) is 34.6. The van der Waals surface area contributed by atoms with Crippen LogP contribution in [0.1, 0.15) is 33.8 Å². The van der Waals surface area contributed by atoms with Crippen molar-refractivity contribution in [2.45, 2.75) is 31.7 Å². The van der Waals surface area contributed by atoms with E-state index >= 15 is 0 Å². The molecule has 7 heteroatoms. The minimum atomic E-state index is 0.0815. The van der Waals surface area contributed by atoms with Crippen LogP contribution in [0.3, 0.4) is 0 Å². The van der Waals surface area contributed by atoms with Crippen LogP contribution < -0.4 is 0 Å². The number of likely N-dealkylation sites (tertiary alicyclic amines) is 1. The van der Waals surface area contributed by atoms with Crippen molar-refractivity contribution in [3.8, 4) is 0 Å². The second-order valence-corrected chi connectivity index (χ2v) is 9.69. The Morgan fingerprint density at radius 1 is 1.16 bits per heavy atom. The fraction of sp³-hybridized carbons (Fsp3) is 0.375. The number of carbonyl (C=O) groups excluding carboxylic acids is 2. The summed E-state index contributed by atoms with van der Waals surface area (Å²) in [5, 5.41) is 3.88. The van der Waals surface area contributed by atoms with E-state index in [1.165, 1.54) is 28.2 Å². The summed E-state index contributed by atoms with van der Waals surface area (Å²) in [7, 11) is 1.93. The van der Waals surface area contributed by atoms with E-state index in [1.54, 1.807) is 5.51 Å². The summed E-state index contributed by atoms with van der Waals surface area (Å²) < 4.78 is 0. The van der Waals surface area contributed by atoms with E-state index in [4.69, 9.17) is 0 Å². The Hall–Kier alpha value is -2.51. The maximum Gasteiger partial charge on any atom is 0.263 e. The molecule has 2 aromatic heterocycles. The number of hydrogen-bond donors (Lipinski definition) is 0. The highest BCUT2D eigenvalue weighted by Crippen LogP contribution is 2.28. The van der Waals surface area contributed by atoms with Crippen molar-refractivity contribution in [3.05, 3.63) is 74.9 Å². The maximum absolute atomic E-state index is 13.1. The molecule has 1 aliphatic rings. The van der Waals surface area contributed by atoms with E-state index in [9.17, 15) is 9.59 Å². The molecule has 5 nitrogen and oxygen atoms in total. The molecule has 31 heavy (non-hydrogen) atoms. The van der Waals surface area contributed by atoms with Crippen LogP contribution in [0.2, 0.25) is 0 Å². The predicted octanol–water partition coefficient (Wildman–Crippen LogP) is 4.37. The molecular weight excluding hydrogens is 426 g/mol. The molecule has 1 fully saturated rings. The molecule has 3 aromatic rings. The Labute approximate surface area is 191 Å². The topological polar surface area (TPSA) is 53.5 Å². The average Bonchev–Trinajstić information content (AvgIpc) is 3.52. The van der Waals surface area contributed by atoms with E-state index in [0.717, 1.165) is 42.9 Å². The first-order chi connectivity index (χ1) is 15.1. The lowest BCUT2D eigenvalue weighted by Crippen LogP contribution is -2.48. The number of hydrogen-bond acceptors (Lipinski definition) is 5. The van der Waals surface area contributed by atoms with E-state index in [0.29, 0.717) is 12.3 Å². The van der Waals surface area contributed by atoms with Crippen LogP contribution in [0, 0.1) is 5.92 Å². The second kappa shape index (κ2) is 10.2. The third kappa shape index (κ3) is 5.40. The van der Waals surface area contributed by atoms with E-state index in [1.807, 2.05) is 57.9 Å². The highest BCUT2D eigenvalue weighted by atomic mass is 32.1. The highest BCUT2D eigenvalue weighted by Gasteiger charge is 2.33. The molecule has 1 aliphatic heterocycles. The number of amides is 2. The Kier molecular flexibility index (Phi) is 7.14. The van der Waals surface area contributed by atoms with Gasteiger partial charge in [-0.05, 0) is 42.2 Å². The van der Waals surface area contributed by atoms with Crippen molar-refractivity contribution in [3.63, 3.8) is 0 Å². The van der Waals surface area contributed by atoms with Gasteiger partial charge in [-0.2, -0.15) is 0 Å². The third-order valence-corrected chi connectivity index (χ3v) is 7.58. The van der Waals surface area contributed by atoms with Gasteiger partial charge in [-0.25, -0.2) is 4.98 Å². The maximum atomic E-state index is 13.1. The van der Waals surface area contributed by atoms with Gasteiger partial charge in [0.05, 0.1) is 22.5 Å². The van der Waals surface area contributed by atoms with Gasteiger partial charge in [0, 0.05) is 31.6 Å². The van der Waals surface area contributed by atoms with Crippen molar-refractivity contribution in [1.82, 2.24) is 14.8 Å². The molecule has 0 saturated carbocycles. The summed E-state index contributed by atoms with van der Waals surface area (Å²) in [5.41, 5.74) is 3.85. The second-order valence-electron chi connectivity index (χ2n) is 8.03. The van der Waals surface area contributed by atoms with Gasteiger partial charge in [-0.1, -0.05) is 36.4 Å². The zero-order valence-electron chi connectivity index (χ0n) is 17.6. The summed E-state index contributed by atoms with van der Waals surface area (Å²) in [6, 6.07) is 14.3. The Balaban J connectivity index is 1.44. The van der Waals surface area contributed by atoms with Crippen molar-refractivity contribution in [2.75, 3.05) is 20.1 Å². The molecule has 0 bridgehead atoms. The summed E-state index contributed by atoms with van der Waals surface area (Å²) in [6.45, 7) is 1.47. The minimum Gasteiger partial charge on any atom is -0.342 e. The van der Waals surface area contributed by atoms with Gasteiger partial charge < -0.3 is 9.80 Å². The molecule has 1 unspecified atom stereocenters. The van der Waals surface area contributed by atoms with Crippen LogP contribution in [-0.2, 0) is 17.6 Å². The van der Waals surface area contributed by atoms with Gasteiger partial charge in [-0.3, -0.25) is 9.59 Å². The van der Waals surface area contributed by atoms with Crippen LogP contribution in [0.4, 0.5) is 0 Å². The zero-order chi connectivity index (χ0) is 21.6. The molecule has 1 saturated heterocycles. The normalized spacial score (nSPS) is 15.6. The van der Waals surface area contributed by atoms with Crippen molar-refractivity contribution >= 4 is 34.5 Å². The molecule has 2 amide bonds.